The molecule has 2 rings (SSSR count). The summed E-state index contributed by atoms with van der Waals surface area (Å²) in [7, 11) is 0. The number of hydrogen-bond donors (Lipinski definition) is 0. The maximum absolute atomic E-state index is 12.9. The van der Waals surface area contributed by atoms with Crippen LogP contribution in [0.2, 0.25) is 0 Å². The fourth-order valence-corrected chi connectivity index (χ4v) is 2.49. The van der Waals surface area contributed by atoms with Gasteiger partial charge >= 0.3 is 0 Å². The summed E-state index contributed by atoms with van der Waals surface area (Å²) in [6.45, 7) is 0. The Labute approximate surface area is 98.1 Å². The van der Waals surface area contributed by atoms with Crippen LogP contribution in [-0.2, 0) is 0 Å². The molecule has 0 unspecified atom stereocenters. The molecule has 0 aliphatic carbocycles. The second-order valence-corrected chi connectivity index (χ2v) is 4.51. The predicted octanol–water partition coefficient (Wildman–Crippen LogP) is 3.58. The topological polar surface area (TPSA) is 36.7 Å². The van der Waals surface area contributed by atoms with Gasteiger partial charge in [-0.1, -0.05) is 12.1 Å². The van der Waals surface area contributed by atoms with Gasteiger partial charge in [0.15, 0.2) is 0 Å². The van der Waals surface area contributed by atoms with E-state index < -0.39 is 0 Å². The molecule has 1 heterocycles. The number of halogens is 2. The van der Waals surface area contributed by atoms with E-state index in [4.69, 9.17) is 5.26 Å². The third-order valence-electron chi connectivity index (χ3n) is 1.76. The molecule has 0 N–H and O–H groups in total. The van der Waals surface area contributed by atoms with Crippen LogP contribution in [0.15, 0.2) is 28.9 Å². The fourth-order valence-electron chi connectivity index (χ4n) is 1.12. The lowest BCUT2D eigenvalue weighted by molar-refractivity contribution is 0.628. The molecule has 1 aromatic carbocycles. The first-order chi connectivity index (χ1) is 7.20. The van der Waals surface area contributed by atoms with Gasteiger partial charge < -0.3 is 0 Å². The first-order valence-corrected chi connectivity index (χ1v) is 5.64. The quantitative estimate of drug-likeness (QED) is 0.802. The first kappa shape index (κ1) is 10.3. The van der Waals surface area contributed by atoms with E-state index in [1.807, 2.05) is 6.07 Å². The number of nitrogens with zero attached hydrogens (tertiary/aromatic N) is 2. The van der Waals surface area contributed by atoms with E-state index in [1.165, 1.54) is 23.5 Å². The lowest BCUT2D eigenvalue weighted by Crippen LogP contribution is -1.77. The van der Waals surface area contributed by atoms with Crippen molar-refractivity contribution >= 4 is 27.3 Å². The number of hydrogen-bond acceptors (Lipinski definition) is 3. The smallest absolute Gasteiger partial charge is 0.139 e. The van der Waals surface area contributed by atoms with E-state index in [0.717, 1.165) is 0 Å². The SMILES string of the molecule is N#Cc1sc(-c2cccc(F)c2)nc1Br. The van der Waals surface area contributed by atoms with Gasteiger partial charge in [-0.15, -0.1) is 11.3 Å². The van der Waals surface area contributed by atoms with E-state index in [9.17, 15) is 4.39 Å². The molecule has 0 aliphatic heterocycles. The van der Waals surface area contributed by atoms with Gasteiger partial charge in [0.1, 0.15) is 26.4 Å². The van der Waals surface area contributed by atoms with Crippen LogP contribution in [-0.4, -0.2) is 4.98 Å². The molecule has 5 heteroatoms. The highest BCUT2D eigenvalue weighted by molar-refractivity contribution is 9.10. The van der Waals surface area contributed by atoms with Crippen molar-refractivity contribution in [3.63, 3.8) is 0 Å². The summed E-state index contributed by atoms with van der Waals surface area (Å²) in [5.41, 5.74) is 0.683. The molecule has 0 amide bonds. The average Bonchev–Trinajstić information content (AvgIpc) is 2.60. The molecule has 0 fully saturated rings. The molecule has 0 bridgehead atoms. The van der Waals surface area contributed by atoms with Gasteiger partial charge in [-0.2, -0.15) is 5.26 Å². The van der Waals surface area contributed by atoms with Crippen molar-refractivity contribution in [1.82, 2.24) is 4.98 Å². The van der Waals surface area contributed by atoms with Gasteiger partial charge in [0.25, 0.3) is 0 Å². The van der Waals surface area contributed by atoms with Gasteiger partial charge in [-0.3, -0.25) is 0 Å². The van der Waals surface area contributed by atoms with Crippen LogP contribution >= 0.6 is 27.3 Å². The Hall–Kier alpha value is -1.25. The summed E-state index contributed by atoms with van der Waals surface area (Å²) >= 11 is 4.41. The molecule has 0 aliphatic rings. The van der Waals surface area contributed by atoms with E-state index in [-0.39, 0.29) is 5.82 Å². The van der Waals surface area contributed by atoms with E-state index in [1.54, 1.807) is 12.1 Å². The summed E-state index contributed by atoms with van der Waals surface area (Å²) in [4.78, 5) is 4.63. The molecule has 1 aromatic heterocycles. The monoisotopic (exact) mass is 282 g/mol. The zero-order valence-corrected chi connectivity index (χ0v) is 9.77. The van der Waals surface area contributed by atoms with Crippen LogP contribution in [0.3, 0.4) is 0 Å². The van der Waals surface area contributed by atoms with Crippen LogP contribution in [0.1, 0.15) is 4.88 Å². The lowest BCUT2D eigenvalue weighted by atomic mass is 10.2. The Kier molecular flexibility index (Phi) is 2.80. The number of rotatable bonds is 1. The third-order valence-corrected chi connectivity index (χ3v) is 3.60. The van der Waals surface area contributed by atoms with Crippen LogP contribution in [0.5, 0.6) is 0 Å². The van der Waals surface area contributed by atoms with E-state index >= 15 is 0 Å². The molecule has 74 valence electrons. The van der Waals surface area contributed by atoms with Gasteiger partial charge in [0.2, 0.25) is 0 Å². The Bertz CT molecular complexity index is 545. The zero-order valence-electron chi connectivity index (χ0n) is 7.37. The Morgan fingerprint density at radius 2 is 2.27 bits per heavy atom. The number of thiazole rings is 1. The van der Waals surface area contributed by atoms with Crippen molar-refractivity contribution in [2.24, 2.45) is 0 Å². The average molecular weight is 283 g/mol. The van der Waals surface area contributed by atoms with Gasteiger partial charge in [-0.05, 0) is 28.1 Å². The van der Waals surface area contributed by atoms with Crippen molar-refractivity contribution in [2.45, 2.75) is 0 Å². The van der Waals surface area contributed by atoms with Crippen LogP contribution < -0.4 is 0 Å². The molecule has 15 heavy (non-hydrogen) atoms. The summed E-state index contributed by atoms with van der Waals surface area (Å²) in [6, 6.07) is 8.16. The first-order valence-electron chi connectivity index (χ1n) is 4.03. The molecule has 0 spiro atoms. The molecule has 0 radical (unpaired) electrons. The third kappa shape index (κ3) is 2.06. The molecular formula is C10H4BrFN2S. The summed E-state index contributed by atoms with van der Waals surface area (Å²) in [6.07, 6.45) is 0. The molecular weight excluding hydrogens is 279 g/mol. The minimum atomic E-state index is -0.308. The van der Waals surface area contributed by atoms with Crippen molar-refractivity contribution in [3.8, 4) is 16.6 Å². The normalized spacial score (nSPS) is 9.93. The molecule has 0 atom stereocenters. The Morgan fingerprint density at radius 3 is 2.87 bits per heavy atom. The van der Waals surface area contributed by atoms with Crippen LogP contribution in [0.25, 0.3) is 10.6 Å². The Balaban J connectivity index is 2.51. The maximum Gasteiger partial charge on any atom is 0.139 e. The van der Waals surface area contributed by atoms with Crippen molar-refractivity contribution < 1.29 is 4.39 Å². The lowest BCUT2D eigenvalue weighted by Gasteiger charge is -1.94. The summed E-state index contributed by atoms with van der Waals surface area (Å²) in [5.74, 6) is -0.308. The minimum absolute atomic E-state index is 0.308. The predicted molar refractivity (Wildman–Crippen MR) is 59.9 cm³/mol. The van der Waals surface area contributed by atoms with Gasteiger partial charge in [0, 0.05) is 5.56 Å². The largest absolute Gasteiger partial charge is 0.228 e. The van der Waals surface area contributed by atoms with Crippen LogP contribution in [0.4, 0.5) is 4.39 Å². The maximum atomic E-state index is 12.9. The minimum Gasteiger partial charge on any atom is -0.228 e. The Morgan fingerprint density at radius 1 is 1.47 bits per heavy atom. The van der Waals surface area contributed by atoms with Crippen molar-refractivity contribution in [2.75, 3.05) is 0 Å². The van der Waals surface area contributed by atoms with E-state index in [2.05, 4.69) is 20.9 Å². The number of nitriles is 1. The second kappa shape index (κ2) is 4.09. The van der Waals surface area contributed by atoms with Gasteiger partial charge in [-0.25, -0.2) is 9.37 Å². The molecule has 2 nitrogen and oxygen atoms in total. The summed E-state index contributed by atoms with van der Waals surface area (Å²) < 4.78 is 13.5. The number of benzene rings is 1. The molecule has 0 saturated heterocycles. The molecule has 2 aromatic rings. The van der Waals surface area contributed by atoms with Crippen molar-refractivity contribution in [3.05, 3.63) is 39.6 Å². The molecule has 0 saturated carbocycles. The van der Waals surface area contributed by atoms with E-state index in [0.29, 0.717) is 20.1 Å². The highest BCUT2D eigenvalue weighted by Crippen LogP contribution is 2.30. The standard InChI is InChI=1S/C10H4BrFN2S/c11-9-8(5-13)15-10(14-9)6-2-1-3-7(12)4-6/h1-4H. The van der Waals surface area contributed by atoms with Crippen molar-refractivity contribution in [1.29, 1.82) is 5.26 Å². The number of aromatic nitrogens is 1. The highest BCUT2D eigenvalue weighted by Gasteiger charge is 2.10. The van der Waals surface area contributed by atoms with Crippen LogP contribution in [0, 0.1) is 17.1 Å². The fraction of sp³-hybridized carbons (Fsp3) is 0. The van der Waals surface area contributed by atoms with Gasteiger partial charge in [0.05, 0.1) is 0 Å². The summed E-state index contributed by atoms with van der Waals surface area (Å²) in [5, 5.41) is 9.39. The zero-order chi connectivity index (χ0) is 10.8. The highest BCUT2D eigenvalue weighted by atomic mass is 79.9. The second-order valence-electron chi connectivity index (χ2n) is 2.76.